The van der Waals surface area contributed by atoms with E-state index in [-0.39, 0.29) is 11.7 Å². The molecule has 1 heterocycles. The van der Waals surface area contributed by atoms with Gasteiger partial charge in [-0.05, 0) is 38.0 Å². The van der Waals surface area contributed by atoms with Crippen molar-refractivity contribution in [3.8, 4) is 5.75 Å². The molecular weight excluding hydrogens is 232 g/mol. The number of phenols is 1. The standard InChI is InChI=1S/C14H14O4/c1-2-17-14(16)12-10-7-9(15)5-6-11(10)18-13(12)8-3-4-8/h5-8,15H,2-4H2,1H3. The van der Waals surface area contributed by atoms with Crippen molar-refractivity contribution in [2.45, 2.75) is 25.7 Å². The van der Waals surface area contributed by atoms with Crippen LogP contribution in [0.5, 0.6) is 5.75 Å². The predicted molar refractivity (Wildman–Crippen MR) is 65.8 cm³/mol. The van der Waals surface area contributed by atoms with Gasteiger partial charge in [0, 0.05) is 11.3 Å². The van der Waals surface area contributed by atoms with Crippen LogP contribution >= 0.6 is 0 Å². The molecule has 1 aliphatic rings. The monoisotopic (exact) mass is 246 g/mol. The topological polar surface area (TPSA) is 59.7 Å². The second-order valence-electron chi connectivity index (χ2n) is 4.52. The maximum absolute atomic E-state index is 12.0. The van der Waals surface area contributed by atoms with Gasteiger partial charge in [-0.3, -0.25) is 0 Å². The Labute approximate surface area is 104 Å². The SMILES string of the molecule is CCOC(=O)c1c(C2CC2)oc2ccc(O)cc12. The molecular formula is C14H14O4. The summed E-state index contributed by atoms with van der Waals surface area (Å²) in [6, 6.07) is 4.79. The third kappa shape index (κ3) is 1.74. The van der Waals surface area contributed by atoms with Gasteiger partial charge in [-0.25, -0.2) is 4.79 Å². The zero-order chi connectivity index (χ0) is 12.7. The summed E-state index contributed by atoms with van der Waals surface area (Å²) in [6.07, 6.45) is 2.08. The first-order valence-corrected chi connectivity index (χ1v) is 6.13. The highest BCUT2D eigenvalue weighted by atomic mass is 16.5. The van der Waals surface area contributed by atoms with Crippen molar-refractivity contribution in [1.29, 1.82) is 0 Å². The van der Waals surface area contributed by atoms with Gasteiger partial charge in [0.1, 0.15) is 22.7 Å². The molecule has 0 spiro atoms. The lowest BCUT2D eigenvalue weighted by Crippen LogP contribution is -2.06. The van der Waals surface area contributed by atoms with E-state index < -0.39 is 0 Å². The minimum atomic E-state index is -0.372. The number of carbonyl (C=O) groups is 1. The van der Waals surface area contributed by atoms with Crippen LogP contribution in [0.2, 0.25) is 0 Å². The Morgan fingerprint density at radius 3 is 2.94 bits per heavy atom. The molecule has 4 nitrogen and oxygen atoms in total. The Balaban J connectivity index is 2.19. The first kappa shape index (κ1) is 11.1. The number of benzene rings is 1. The fraction of sp³-hybridized carbons (Fsp3) is 0.357. The minimum Gasteiger partial charge on any atom is -0.508 e. The molecule has 1 aromatic carbocycles. The number of aromatic hydroxyl groups is 1. The number of esters is 1. The van der Waals surface area contributed by atoms with Crippen molar-refractivity contribution in [3.05, 3.63) is 29.5 Å². The number of rotatable bonds is 3. The van der Waals surface area contributed by atoms with E-state index in [0.717, 1.165) is 12.8 Å². The third-order valence-corrected chi connectivity index (χ3v) is 3.13. The third-order valence-electron chi connectivity index (χ3n) is 3.13. The molecule has 0 atom stereocenters. The van der Waals surface area contributed by atoms with Crippen LogP contribution in [0.1, 0.15) is 41.8 Å². The summed E-state index contributed by atoms with van der Waals surface area (Å²) in [5.74, 6) is 0.771. The molecule has 0 aliphatic heterocycles. The summed E-state index contributed by atoms with van der Waals surface area (Å²) in [5, 5.41) is 10.2. The van der Waals surface area contributed by atoms with Crippen LogP contribution in [-0.4, -0.2) is 17.7 Å². The number of ether oxygens (including phenoxy) is 1. The van der Waals surface area contributed by atoms with Crippen LogP contribution in [0.4, 0.5) is 0 Å². The van der Waals surface area contributed by atoms with Crippen molar-refractivity contribution >= 4 is 16.9 Å². The van der Waals surface area contributed by atoms with E-state index in [9.17, 15) is 9.90 Å². The molecule has 94 valence electrons. The fourth-order valence-corrected chi connectivity index (χ4v) is 2.15. The second kappa shape index (κ2) is 4.05. The van der Waals surface area contributed by atoms with Crippen LogP contribution < -0.4 is 0 Å². The molecule has 0 amide bonds. The average Bonchev–Trinajstić information content (AvgIpc) is 3.11. The van der Waals surface area contributed by atoms with Crippen LogP contribution in [0.15, 0.2) is 22.6 Å². The van der Waals surface area contributed by atoms with Crippen LogP contribution in [0.3, 0.4) is 0 Å². The van der Waals surface area contributed by atoms with Gasteiger partial charge in [0.25, 0.3) is 0 Å². The number of phenolic OH excluding ortho intramolecular Hbond substituents is 1. The summed E-state index contributed by atoms with van der Waals surface area (Å²) >= 11 is 0. The minimum absolute atomic E-state index is 0.121. The van der Waals surface area contributed by atoms with E-state index in [1.807, 2.05) is 0 Å². The van der Waals surface area contributed by atoms with Crippen LogP contribution in [0.25, 0.3) is 11.0 Å². The molecule has 1 aromatic heterocycles. The van der Waals surface area contributed by atoms with E-state index in [2.05, 4.69) is 0 Å². The molecule has 18 heavy (non-hydrogen) atoms. The van der Waals surface area contributed by atoms with Gasteiger partial charge in [0.05, 0.1) is 6.61 Å². The zero-order valence-electron chi connectivity index (χ0n) is 10.1. The summed E-state index contributed by atoms with van der Waals surface area (Å²) in [7, 11) is 0. The van der Waals surface area contributed by atoms with Crippen LogP contribution in [0, 0.1) is 0 Å². The highest BCUT2D eigenvalue weighted by Crippen LogP contribution is 2.45. The van der Waals surface area contributed by atoms with Crippen molar-refractivity contribution < 1.29 is 19.1 Å². The van der Waals surface area contributed by atoms with E-state index in [1.165, 1.54) is 0 Å². The van der Waals surface area contributed by atoms with Crippen LogP contribution in [-0.2, 0) is 4.74 Å². The van der Waals surface area contributed by atoms with Gasteiger partial charge >= 0.3 is 5.97 Å². The number of furan rings is 1. The number of fused-ring (bicyclic) bond motifs is 1. The van der Waals surface area contributed by atoms with Gasteiger partial charge in [0.2, 0.25) is 0 Å². The Morgan fingerprint density at radius 1 is 1.50 bits per heavy atom. The Bertz CT molecular complexity index is 608. The number of hydrogen-bond acceptors (Lipinski definition) is 4. The van der Waals surface area contributed by atoms with E-state index in [4.69, 9.17) is 9.15 Å². The van der Waals surface area contributed by atoms with E-state index >= 15 is 0 Å². The molecule has 4 heteroatoms. The Kier molecular flexibility index (Phi) is 2.51. The summed E-state index contributed by atoms with van der Waals surface area (Å²) in [6.45, 7) is 2.10. The molecule has 1 N–H and O–H groups in total. The molecule has 2 aromatic rings. The van der Waals surface area contributed by atoms with Crippen molar-refractivity contribution in [1.82, 2.24) is 0 Å². The smallest absolute Gasteiger partial charge is 0.342 e. The maximum Gasteiger partial charge on any atom is 0.342 e. The fourth-order valence-electron chi connectivity index (χ4n) is 2.15. The molecule has 0 radical (unpaired) electrons. The quantitative estimate of drug-likeness (QED) is 0.845. The molecule has 0 unspecified atom stereocenters. The highest BCUT2D eigenvalue weighted by molar-refractivity contribution is 6.05. The van der Waals surface area contributed by atoms with Gasteiger partial charge in [-0.2, -0.15) is 0 Å². The lowest BCUT2D eigenvalue weighted by molar-refractivity contribution is 0.0525. The first-order valence-electron chi connectivity index (χ1n) is 6.13. The first-order chi connectivity index (χ1) is 8.70. The molecule has 1 fully saturated rings. The Morgan fingerprint density at radius 2 is 2.28 bits per heavy atom. The van der Waals surface area contributed by atoms with E-state index in [1.54, 1.807) is 25.1 Å². The number of carbonyl (C=O) groups excluding carboxylic acids is 1. The molecule has 3 rings (SSSR count). The predicted octanol–water partition coefficient (Wildman–Crippen LogP) is 3.19. The largest absolute Gasteiger partial charge is 0.508 e. The van der Waals surface area contributed by atoms with Gasteiger partial charge in [0.15, 0.2) is 0 Å². The van der Waals surface area contributed by atoms with Gasteiger partial charge in [-0.15, -0.1) is 0 Å². The molecule has 1 aliphatic carbocycles. The average molecular weight is 246 g/mol. The summed E-state index contributed by atoms with van der Waals surface area (Å²) in [5.41, 5.74) is 1.10. The molecule has 0 saturated heterocycles. The molecule has 0 bridgehead atoms. The van der Waals surface area contributed by atoms with E-state index in [0.29, 0.717) is 34.8 Å². The second-order valence-corrected chi connectivity index (χ2v) is 4.52. The number of hydrogen-bond donors (Lipinski definition) is 1. The maximum atomic E-state index is 12.0. The van der Waals surface area contributed by atoms with Gasteiger partial charge in [-0.1, -0.05) is 0 Å². The van der Waals surface area contributed by atoms with Crippen molar-refractivity contribution in [2.24, 2.45) is 0 Å². The highest BCUT2D eigenvalue weighted by Gasteiger charge is 2.34. The summed E-state index contributed by atoms with van der Waals surface area (Å²) in [4.78, 5) is 12.0. The van der Waals surface area contributed by atoms with Crippen molar-refractivity contribution in [3.63, 3.8) is 0 Å². The van der Waals surface area contributed by atoms with Gasteiger partial charge < -0.3 is 14.3 Å². The lowest BCUT2D eigenvalue weighted by atomic mass is 10.1. The normalized spacial score (nSPS) is 14.9. The summed E-state index contributed by atoms with van der Waals surface area (Å²) < 4.78 is 10.8. The Hall–Kier alpha value is -1.97. The molecule has 1 saturated carbocycles. The lowest BCUT2D eigenvalue weighted by Gasteiger charge is -2.01. The van der Waals surface area contributed by atoms with Crippen molar-refractivity contribution in [2.75, 3.05) is 6.61 Å². The zero-order valence-corrected chi connectivity index (χ0v) is 10.1.